The number of para-hydroxylation sites is 2. The molecule has 2 aromatic carbocycles. The van der Waals surface area contributed by atoms with Crippen molar-refractivity contribution in [1.29, 1.82) is 0 Å². The highest BCUT2D eigenvalue weighted by molar-refractivity contribution is 5.97. The molecular formula is C23H25N3O4. The highest BCUT2D eigenvalue weighted by atomic mass is 16.5. The van der Waals surface area contributed by atoms with Crippen molar-refractivity contribution in [2.24, 2.45) is 5.92 Å². The van der Waals surface area contributed by atoms with Gasteiger partial charge in [-0.05, 0) is 42.3 Å². The second kappa shape index (κ2) is 8.57. The van der Waals surface area contributed by atoms with Crippen LogP contribution in [0.3, 0.4) is 0 Å². The maximum absolute atomic E-state index is 12.6. The Balaban J connectivity index is 1.47. The summed E-state index contributed by atoms with van der Waals surface area (Å²) in [5.74, 6) is 2.77. The van der Waals surface area contributed by atoms with Gasteiger partial charge in [-0.1, -0.05) is 31.1 Å². The molecule has 1 atom stereocenters. The number of carbonyl (C=O) groups is 1. The molecular weight excluding hydrogens is 382 g/mol. The minimum atomic E-state index is -0.155. The molecule has 2 heterocycles. The van der Waals surface area contributed by atoms with Crippen LogP contribution in [-0.2, 0) is 4.79 Å². The monoisotopic (exact) mass is 407 g/mol. The maximum Gasteiger partial charge on any atom is 0.232 e. The summed E-state index contributed by atoms with van der Waals surface area (Å²) in [6.07, 6.45) is 0.321. The second-order valence-electron chi connectivity index (χ2n) is 7.76. The molecule has 1 aliphatic heterocycles. The Hall–Kier alpha value is -3.35. The number of carbonyl (C=O) groups excluding carboxylic acids is 1. The first-order valence-corrected chi connectivity index (χ1v) is 10.1. The van der Waals surface area contributed by atoms with Crippen LogP contribution in [-0.4, -0.2) is 36.3 Å². The van der Waals surface area contributed by atoms with Crippen LogP contribution in [0.2, 0.25) is 0 Å². The first-order valence-electron chi connectivity index (χ1n) is 10.1. The van der Waals surface area contributed by atoms with Crippen molar-refractivity contribution < 1.29 is 18.8 Å². The highest BCUT2D eigenvalue weighted by Gasteiger charge is 2.36. The van der Waals surface area contributed by atoms with Gasteiger partial charge in [0.25, 0.3) is 0 Å². The zero-order chi connectivity index (χ0) is 21.1. The van der Waals surface area contributed by atoms with Gasteiger partial charge in [0, 0.05) is 18.5 Å². The number of methoxy groups -OCH3 is 1. The standard InChI is InChI=1S/C23H25N3O4/c1-15(2)14-29-18-10-8-16(9-11-18)22-24-23(30-25-22)17-12-21(27)26(13-17)19-6-4-5-7-20(19)28-3/h4-11,15,17H,12-14H2,1-3H3. The van der Waals surface area contributed by atoms with Crippen LogP contribution in [0.15, 0.2) is 53.1 Å². The summed E-state index contributed by atoms with van der Waals surface area (Å²) in [4.78, 5) is 18.9. The topological polar surface area (TPSA) is 77.7 Å². The van der Waals surface area contributed by atoms with E-state index in [1.54, 1.807) is 12.0 Å². The Morgan fingerprint density at radius 1 is 1.17 bits per heavy atom. The Bertz CT molecular complexity index is 1010. The van der Waals surface area contributed by atoms with Crippen molar-refractivity contribution in [3.8, 4) is 22.9 Å². The molecule has 0 radical (unpaired) electrons. The van der Waals surface area contributed by atoms with Gasteiger partial charge in [-0.15, -0.1) is 0 Å². The third kappa shape index (κ3) is 4.15. The zero-order valence-electron chi connectivity index (χ0n) is 17.4. The summed E-state index contributed by atoms with van der Waals surface area (Å²) in [5, 5.41) is 4.11. The molecule has 7 heteroatoms. The molecule has 1 unspecified atom stereocenters. The van der Waals surface area contributed by atoms with Crippen LogP contribution in [0.4, 0.5) is 5.69 Å². The average Bonchev–Trinajstić information content (AvgIpc) is 3.39. The normalized spacial score (nSPS) is 16.3. The quantitative estimate of drug-likeness (QED) is 0.581. The van der Waals surface area contributed by atoms with Crippen LogP contribution in [0.1, 0.15) is 32.1 Å². The van der Waals surface area contributed by atoms with E-state index < -0.39 is 0 Å². The summed E-state index contributed by atoms with van der Waals surface area (Å²) in [6, 6.07) is 15.1. The molecule has 0 N–H and O–H groups in total. The van der Waals surface area contributed by atoms with Crippen LogP contribution in [0.5, 0.6) is 11.5 Å². The van der Waals surface area contributed by atoms with Gasteiger partial charge in [-0.3, -0.25) is 4.79 Å². The van der Waals surface area contributed by atoms with Crippen molar-refractivity contribution in [2.75, 3.05) is 25.2 Å². The van der Waals surface area contributed by atoms with Crippen molar-refractivity contribution in [2.45, 2.75) is 26.2 Å². The van der Waals surface area contributed by atoms with Gasteiger partial charge in [0.15, 0.2) is 0 Å². The molecule has 1 aliphatic rings. The van der Waals surface area contributed by atoms with Gasteiger partial charge in [-0.25, -0.2) is 0 Å². The first kappa shape index (κ1) is 19.9. The predicted octanol–water partition coefficient (Wildman–Crippen LogP) is 4.30. The lowest BCUT2D eigenvalue weighted by Crippen LogP contribution is -2.24. The Morgan fingerprint density at radius 3 is 2.67 bits per heavy atom. The molecule has 0 spiro atoms. The van der Waals surface area contributed by atoms with Crippen molar-refractivity contribution in [1.82, 2.24) is 10.1 Å². The summed E-state index contributed by atoms with van der Waals surface area (Å²) in [5.41, 5.74) is 1.59. The van der Waals surface area contributed by atoms with E-state index in [4.69, 9.17) is 14.0 Å². The number of rotatable bonds is 7. The number of hydrogen-bond donors (Lipinski definition) is 0. The van der Waals surface area contributed by atoms with Crippen LogP contribution >= 0.6 is 0 Å². The summed E-state index contributed by atoms with van der Waals surface area (Å²) in [7, 11) is 1.60. The molecule has 0 bridgehead atoms. The van der Waals surface area contributed by atoms with Crippen LogP contribution in [0, 0.1) is 5.92 Å². The van der Waals surface area contributed by atoms with E-state index in [0.717, 1.165) is 17.0 Å². The van der Waals surface area contributed by atoms with E-state index in [1.807, 2.05) is 48.5 Å². The van der Waals surface area contributed by atoms with Gasteiger partial charge in [0.1, 0.15) is 11.5 Å². The SMILES string of the molecule is COc1ccccc1N1CC(c2nc(-c3ccc(OCC(C)C)cc3)no2)CC1=O. The molecule has 7 nitrogen and oxygen atoms in total. The molecule has 1 saturated heterocycles. The third-order valence-electron chi connectivity index (χ3n) is 4.99. The van der Waals surface area contributed by atoms with E-state index in [2.05, 4.69) is 24.0 Å². The van der Waals surface area contributed by atoms with E-state index in [9.17, 15) is 4.79 Å². The van der Waals surface area contributed by atoms with Gasteiger partial charge >= 0.3 is 0 Å². The minimum Gasteiger partial charge on any atom is -0.495 e. The second-order valence-corrected chi connectivity index (χ2v) is 7.76. The lowest BCUT2D eigenvalue weighted by Gasteiger charge is -2.18. The van der Waals surface area contributed by atoms with E-state index in [-0.39, 0.29) is 11.8 Å². The van der Waals surface area contributed by atoms with Crippen molar-refractivity contribution in [3.63, 3.8) is 0 Å². The number of aromatic nitrogens is 2. The lowest BCUT2D eigenvalue weighted by atomic mass is 10.1. The number of anilines is 1. The Morgan fingerprint density at radius 2 is 1.93 bits per heavy atom. The minimum absolute atomic E-state index is 0.0101. The van der Waals surface area contributed by atoms with Gasteiger partial charge in [0.05, 0.1) is 25.3 Å². The van der Waals surface area contributed by atoms with Gasteiger partial charge in [-0.2, -0.15) is 4.98 Å². The molecule has 30 heavy (non-hydrogen) atoms. The van der Waals surface area contributed by atoms with E-state index in [1.165, 1.54) is 0 Å². The highest BCUT2D eigenvalue weighted by Crippen LogP contribution is 2.36. The molecule has 0 saturated carbocycles. The lowest BCUT2D eigenvalue weighted by molar-refractivity contribution is -0.117. The maximum atomic E-state index is 12.6. The van der Waals surface area contributed by atoms with Gasteiger partial charge in [0.2, 0.25) is 17.6 Å². The fourth-order valence-corrected chi connectivity index (χ4v) is 3.44. The Labute approximate surface area is 175 Å². The van der Waals surface area contributed by atoms with Crippen molar-refractivity contribution >= 4 is 11.6 Å². The number of ether oxygens (including phenoxy) is 2. The fourth-order valence-electron chi connectivity index (χ4n) is 3.44. The third-order valence-corrected chi connectivity index (χ3v) is 4.99. The molecule has 1 fully saturated rings. The summed E-state index contributed by atoms with van der Waals surface area (Å²) < 4.78 is 16.6. The van der Waals surface area contributed by atoms with E-state index >= 15 is 0 Å². The predicted molar refractivity (Wildman–Crippen MR) is 113 cm³/mol. The number of nitrogens with zero attached hydrogens (tertiary/aromatic N) is 3. The largest absolute Gasteiger partial charge is 0.495 e. The molecule has 4 rings (SSSR count). The first-order chi connectivity index (χ1) is 14.5. The molecule has 156 valence electrons. The van der Waals surface area contributed by atoms with Gasteiger partial charge < -0.3 is 18.9 Å². The Kier molecular flexibility index (Phi) is 5.70. The van der Waals surface area contributed by atoms with Crippen molar-refractivity contribution in [3.05, 3.63) is 54.4 Å². The number of amides is 1. The zero-order valence-corrected chi connectivity index (χ0v) is 17.4. The molecule has 1 aromatic heterocycles. The number of benzene rings is 2. The average molecular weight is 407 g/mol. The molecule has 3 aromatic rings. The molecule has 0 aliphatic carbocycles. The summed E-state index contributed by atoms with van der Waals surface area (Å²) in [6.45, 7) is 5.36. The number of hydrogen-bond acceptors (Lipinski definition) is 6. The molecule has 1 amide bonds. The van der Waals surface area contributed by atoms with Crippen LogP contribution in [0.25, 0.3) is 11.4 Å². The smallest absolute Gasteiger partial charge is 0.232 e. The fraction of sp³-hybridized carbons (Fsp3) is 0.348. The van der Waals surface area contributed by atoms with E-state index in [0.29, 0.717) is 43.0 Å². The summed E-state index contributed by atoms with van der Waals surface area (Å²) >= 11 is 0. The van der Waals surface area contributed by atoms with Crippen LogP contribution < -0.4 is 14.4 Å².